The normalized spacial score (nSPS) is 11.8. The first kappa shape index (κ1) is 17.3. The second kappa shape index (κ2) is 9.23. The molecule has 0 bridgehead atoms. The summed E-state index contributed by atoms with van der Waals surface area (Å²) in [5, 5.41) is 3.32. The minimum atomic E-state index is -0.669. The van der Waals surface area contributed by atoms with Crippen molar-refractivity contribution in [2.45, 2.75) is 39.8 Å². The highest BCUT2D eigenvalue weighted by Gasteiger charge is 2.18. The SMILES string of the molecule is CCCNCc1ccc(OC)c(OC(C)C(=O)OCC)c1. The van der Waals surface area contributed by atoms with Crippen LogP contribution in [0.5, 0.6) is 11.5 Å². The number of esters is 1. The van der Waals surface area contributed by atoms with E-state index in [1.165, 1.54) is 0 Å². The van der Waals surface area contributed by atoms with Crippen LogP contribution in [0.25, 0.3) is 0 Å². The fourth-order valence-corrected chi connectivity index (χ4v) is 1.83. The second-order valence-corrected chi connectivity index (χ2v) is 4.67. The number of carbonyl (C=O) groups excluding carboxylic acids is 1. The Morgan fingerprint density at radius 1 is 1.29 bits per heavy atom. The van der Waals surface area contributed by atoms with Gasteiger partial charge in [0.25, 0.3) is 0 Å². The molecule has 0 fully saturated rings. The number of hydrogen-bond acceptors (Lipinski definition) is 5. The summed E-state index contributed by atoms with van der Waals surface area (Å²) in [4.78, 5) is 11.6. The Bertz CT molecular complexity index is 448. The van der Waals surface area contributed by atoms with Crippen LogP contribution in [0.1, 0.15) is 32.8 Å². The number of carbonyl (C=O) groups is 1. The van der Waals surface area contributed by atoms with Crippen LogP contribution in [-0.4, -0.2) is 32.3 Å². The van der Waals surface area contributed by atoms with E-state index < -0.39 is 6.10 Å². The van der Waals surface area contributed by atoms with E-state index in [-0.39, 0.29) is 5.97 Å². The van der Waals surface area contributed by atoms with Crippen molar-refractivity contribution in [1.29, 1.82) is 0 Å². The summed E-state index contributed by atoms with van der Waals surface area (Å²) in [5.74, 6) is 0.772. The molecule has 1 N–H and O–H groups in total. The van der Waals surface area contributed by atoms with Gasteiger partial charge in [-0.15, -0.1) is 0 Å². The molecule has 0 aliphatic carbocycles. The number of nitrogens with one attached hydrogen (secondary N) is 1. The molecule has 0 aliphatic heterocycles. The quantitative estimate of drug-likeness (QED) is 0.560. The molecule has 0 radical (unpaired) electrons. The molecule has 1 atom stereocenters. The van der Waals surface area contributed by atoms with E-state index in [1.807, 2.05) is 18.2 Å². The van der Waals surface area contributed by atoms with Crippen molar-refractivity contribution in [3.8, 4) is 11.5 Å². The fourth-order valence-electron chi connectivity index (χ4n) is 1.83. The van der Waals surface area contributed by atoms with Crippen LogP contribution < -0.4 is 14.8 Å². The van der Waals surface area contributed by atoms with Crippen LogP contribution in [0.2, 0.25) is 0 Å². The Labute approximate surface area is 126 Å². The molecule has 118 valence electrons. The maximum atomic E-state index is 11.6. The van der Waals surface area contributed by atoms with Gasteiger partial charge in [-0.05, 0) is 44.5 Å². The molecule has 21 heavy (non-hydrogen) atoms. The van der Waals surface area contributed by atoms with Crippen molar-refractivity contribution in [2.75, 3.05) is 20.3 Å². The van der Waals surface area contributed by atoms with Gasteiger partial charge in [0.2, 0.25) is 0 Å². The fraction of sp³-hybridized carbons (Fsp3) is 0.562. The molecule has 1 unspecified atom stereocenters. The van der Waals surface area contributed by atoms with Gasteiger partial charge in [-0.25, -0.2) is 4.79 Å². The zero-order valence-electron chi connectivity index (χ0n) is 13.3. The van der Waals surface area contributed by atoms with Gasteiger partial charge in [-0.2, -0.15) is 0 Å². The van der Waals surface area contributed by atoms with E-state index in [0.29, 0.717) is 18.1 Å². The predicted octanol–water partition coefficient (Wildman–Crippen LogP) is 2.53. The lowest BCUT2D eigenvalue weighted by Crippen LogP contribution is -2.26. The van der Waals surface area contributed by atoms with Crippen molar-refractivity contribution in [3.63, 3.8) is 0 Å². The van der Waals surface area contributed by atoms with Crippen molar-refractivity contribution in [1.82, 2.24) is 5.32 Å². The summed E-state index contributed by atoms with van der Waals surface area (Å²) in [6.45, 7) is 7.61. The van der Waals surface area contributed by atoms with E-state index in [2.05, 4.69) is 12.2 Å². The molecule has 0 amide bonds. The topological polar surface area (TPSA) is 56.8 Å². The lowest BCUT2D eigenvalue weighted by molar-refractivity contribution is -0.150. The smallest absolute Gasteiger partial charge is 0.347 e. The van der Waals surface area contributed by atoms with Crippen LogP contribution in [0.15, 0.2) is 18.2 Å². The molecule has 5 nitrogen and oxygen atoms in total. The minimum absolute atomic E-state index is 0.338. The summed E-state index contributed by atoms with van der Waals surface area (Å²) >= 11 is 0. The van der Waals surface area contributed by atoms with Crippen LogP contribution >= 0.6 is 0 Å². The largest absolute Gasteiger partial charge is 0.493 e. The molecule has 0 heterocycles. The van der Waals surface area contributed by atoms with E-state index in [0.717, 1.165) is 25.1 Å². The Balaban J connectivity index is 2.77. The highest BCUT2D eigenvalue weighted by Crippen LogP contribution is 2.29. The highest BCUT2D eigenvalue weighted by atomic mass is 16.6. The van der Waals surface area contributed by atoms with Gasteiger partial charge < -0.3 is 19.5 Å². The zero-order valence-corrected chi connectivity index (χ0v) is 13.3. The summed E-state index contributed by atoms with van der Waals surface area (Å²) in [7, 11) is 1.58. The third-order valence-corrected chi connectivity index (χ3v) is 2.91. The molecule has 1 aromatic rings. The van der Waals surface area contributed by atoms with Crippen LogP contribution in [0, 0.1) is 0 Å². The van der Waals surface area contributed by atoms with Crippen molar-refractivity contribution in [3.05, 3.63) is 23.8 Å². The van der Waals surface area contributed by atoms with Crippen LogP contribution in [0.4, 0.5) is 0 Å². The van der Waals surface area contributed by atoms with Gasteiger partial charge in [0.05, 0.1) is 13.7 Å². The number of benzene rings is 1. The maximum Gasteiger partial charge on any atom is 0.347 e. The Morgan fingerprint density at radius 2 is 2.05 bits per heavy atom. The monoisotopic (exact) mass is 295 g/mol. The van der Waals surface area contributed by atoms with Gasteiger partial charge in [-0.3, -0.25) is 0 Å². The number of hydrogen-bond donors (Lipinski definition) is 1. The maximum absolute atomic E-state index is 11.6. The first-order chi connectivity index (χ1) is 10.1. The summed E-state index contributed by atoms with van der Waals surface area (Å²) in [6, 6.07) is 5.71. The Morgan fingerprint density at radius 3 is 2.67 bits per heavy atom. The number of rotatable bonds is 9. The molecular weight excluding hydrogens is 270 g/mol. The van der Waals surface area contributed by atoms with Gasteiger partial charge in [0.15, 0.2) is 17.6 Å². The predicted molar refractivity (Wildman–Crippen MR) is 81.7 cm³/mol. The van der Waals surface area contributed by atoms with Gasteiger partial charge in [0, 0.05) is 6.54 Å². The lowest BCUT2D eigenvalue weighted by Gasteiger charge is -2.16. The van der Waals surface area contributed by atoms with Gasteiger partial charge in [-0.1, -0.05) is 13.0 Å². The van der Waals surface area contributed by atoms with E-state index >= 15 is 0 Å². The van der Waals surface area contributed by atoms with Crippen LogP contribution in [-0.2, 0) is 16.1 Å². The molecule has 1 aromatic carbocycles. The highest BCUT2D eigenvalue weighted by molar-refractivity contribution is 5.74. The Kier molecular flexibility index (Phi) is 7.61. The van der Waals surface area contributed by atoms with E-state index in [9.17, 15) is 4.79 Å². The van der Waals surface area contributed by atoms with Crippen LogP contribution in [0.3, 0.4) is 0 Å². The third kappa shape index (κ3) is 5.63. The standard InChI is InChI=1S/C16H25NO4/c1-5-9-17-11-13-7-8-14(19-4)15(10-13)21-12(3)16(18)20-6-2/h7-8,10,12,17H,5-6,9,11H2,1-4H3. The zero-order chi connectivity index (χ0) is 15.7. The molecule has 0 aromatic heterocycles. The average Bonchev–Trinajstić information content (AvgIpc) is 2.48. The summed E-state index contributed by atoms with van der Waals surface area (Å²) in [5.41, 5.74) is 1.08. The molecule has 5 heteroatoms. The van der Waals surface area contributed by atoms with E-state index in [4.69, 9.17) is 14.2 Å². The van der Waals surface area contributed by atoms with Crippen molar-refractivity contribution >= 4 is 5.97 Å². The molecular formula is C16H25NO4. The number of ether oxygens (including phenoxy) is 3. The lowest BCUT2D eigenvalue weighted by atomic mass is 10.2. The summed E-state index contributed by atoms with van der Waals surface area (Å²) < 4.78 is 15.9. The first-order valence-corrected chi connectivity index (χ1v) is 7.33. The first-order valence-electron chi connectivity index (χ1n) is 7.33. The van der Waals surface area contributed by atoms with E-state index in [1.54, 1.807) is 21.0 Å². The van der Waals surface area contributed by atoms with Gasteiger partial charge >= 0.3 is 5.97 Å². The minimum Gasteiger partial charge on any atom is -0.493 e. The second-order valence-electron chi connectivity index (χ2n) is 4.67. The Hall–Kier alpha value is -1.75. The molecule has 0 spiro atoms. The molecule has 0 aliphatic rings. The summed E-state index contributed by atoms with van der Waals surface area (Å²) in [6.07, 6.45) is 0.414. The average molecular weight is 295 g/mol. The molecule has 0 saturated carbocycles. The van der Waals surface area contributed by atoms with Crippen molar-refractivity contribution < 1.29 is 19.0 Å². The van der Waals surface area contributed by atoms with Crippen molar-refractivity contribution in [2.24, 2.45) is 0 Å². The van der Waals surface area contributed by atoms with Gasteiger partial charge in [0.1, 0.15) is 0 Å². The molecule has 0 saturated heterocycles. The molecule has 1 rings (SSSR count). The third-order valence-electron chi connectivity index (χ3n) is 2.91. The number of methoxy groups -OCH3 is 1.